The number of esters is 1. The number of carbonyl (C=O) groups is 2. The first-order chi connectivity index (χ1) is 8.97. The van der Waals surface area contributed by atoms with Gasteiger partial charge in [-0.05, 0) is 31.7 Å². The molecule has 2 heterocycles. The molecule has 1 aromatic heterocycles. The Hall–Kier alpha value is -1.95. The molecule has 6 heteroatoms. The van der Waals surface area contributed by atoms with Crippen molar-refractivity contribution in [2.75, 3.05) is 0 Å². The summed E-state index contributed by atoms with van der Waals surface area (Å²) in [5.74, 6) is -1.63. The van der Waals surface area contributed by atoms with Crippen molar-refractivity contribution in [2.24, 2.45) is 0 Å². The molecule has 3 rings (SSSR count). The van der Waals surface area contributed by atoms with E-state index in [1.807, 2.05) is 0 Å². The molecule has 1 fully saturated rings. The molecule has 2 aliphatic rings. The van der Waals surface area contributed by atoms with Crippen LogP contribution in [0.15, 0.2) is 18.5 Å². The van der Waals surface area contributed by atoms with Crippen LogP contribution in [0.4, 0.5) is 0 Å². The van der Waals surface area contributed by atoms with E-state index in [2.05, 4.69) is 4.98 Å². The van der Waals surface area contributed by atoms with Crippen molar-refractivity contribution >= 4 is 11.9 Å². The molecular weight excluding hydrogens is 250 g/mol. The van der Waals surface area contributed by atoms with Gasteiger partial charge in [-0.25, -0.2) is 9.59 Å². The van der Waals surface area contributed by atoms with Crippen molar-refractivity contribution in [1.82, 2.24) is 4.98 Å². The van der Waals surface area contributed by atoms with Gasteiger partial charge in [-0.1, -0.05) is 0 Å². The van der Waals surface area contributed by atoms with E-state index in [9.17, 15) is 14.7 Å². The van der Waals surface area contributed by atoms with Gasteiger partial charge in [-0.3, -0.25) is 4.98 Å². The summed E-state index contributed by atoms with van der Waals surface area (Å²) in [7, 11) is 0. The number of aliphatic carboxylic acids is 1. The number of pyridine rings is 1. The Kier molecular flexibility index (Phi) is 2.40. The third-order valence-corrected chi connectivity index (χ3v) is 4.10. The maximum Gasteiger partial charge on any atom is 0.339 e. The van der Waals surface area contributed by atoms with E-state index in [0.29, 0.717) is 24.0 Å². The first-order valence-electron chi connectivity index (χ1n) is 6.11. The highest BCUT2D eigenvalue weighted by molar-refractivity contribution is 5.94. The number of fused-ring (bicyclic) bond motifs is 2. The van der Waals surface area contributed by atoms with Gasteiger partial charge in [0.1, 0.15) is 5.60 Å². The molecule has 100 valence electrons. The molecule has 1 aliphatic carbocycles. The second kappa shape index (κ2) is 3.77. The van der Waals surface area contributed by atoms with Crippen molar-refractivity contribution in [3.8, 4) is 0 Å². The summed E-state index contributed by atoms with van der Waals surface area (Å²) in [5, 5.41) is 19.0. The lowest BCUT2D eigenvalue weighted by Crippen LogP contribution is -2.46. The van der Waals surface area contributed by atoms with E-state index in [4.69, 9.17) is 9.84 Å². The van der Waals surface area contributed by atoms with Crippen LogP contribution < -0.4 is 0 Å². The maximum absolute atomic E-state index is 11.8. The minimum atomic E-state index is -1.72. The topological polar surface area (TPSA) is 96.7 Å². The monoisotopic (exact) mass is 263 g/mol. The normalized spacial score (nSPS) is 33.0. The highest BCUT2D eigenvalue weighted by atomic mass is 16.6. The predicted octanol–water partition coefficient (Wildman–Crippen LogP) is 0.837. The number of aliphatic hydroxyl groups is 1. The Bertz CT molecular complexity index is 560. The van der Waals surface area contributed by atoms with E-state index >= 15 is 0 Å². The molecular formula is C13H13NO5. The second-order valence-electron chi connectivity index (χ2n) is 5.14. The van der Waals surface area contributed by atoms with Crippen LogP contribution in [0.25, 0.3) is 0 Å². The number of carbonyl (C=O) groups excluding carboxylic acids is 1. The molecule has 19 heavy (non-hydrogen) atoms. The summed E-state index contributed by atoms with van der Waals surface area (Å²) in [6, 6.07) is 1.60. The molecule has 0 aromatic carbocycles. The zero-order chi connectivity index (χ0) is 13.7. The second-order valence-corrected chi connectivity index (χ2v) is 5.14. The van der Waals surface area contributed by atoms with Crippen molar-refractivity contribution in [3.05, 3.63) is 29.6 Å². The third-order valence-electron chi connectivity index (χ3n) is 4.10. The quantitative estimate of drug-likeness (QED) is 0.729. The summed E-state index contributed by atoms with van der Waals surface area (Å²) in [5.41, 5.74) is -1.35. The highest BCUT2D eigenvalue weighted by Gasteiger charge is 2.53. The molecule has 1 aliphatic heterocycles. The molecule has 0 saturated heterocycles. The Balaban J connectivity index is 1.93. The lowest BCUT2D eigenvalue weighted by Gasteiger charge is -2.38. The van der Waals surface area contributed by atoms with Gasteiger partial charge in [0.2, 0.25) is 0 Å². The molecule has 0 unspecified atom stereocenters. The highest BCUT2D eigenvalue weighted by Crippen LogP contribution is 2.48. The van der Waals surface area contributed by atoms with Gasteiger partial charge in [-0.15, -0.1) is 0 Å². The Morgan fingerprint density at radius 3 is 2.63 bits per heavy atom. The van der Waals surface area contributed by atoms with Crippen molar-refractivity contribution in [1.29, 1.82) is 0 Å². The fourth-order valence-electron chi connectivity index (χ4n) is 2.88. The minimum absolute atomic E-state index is 0.0595. The molecule has 1 saturated carbocycles. The SMILES string of the molecule is O=C1O[C@]2(CC[C@](O)(C(=O)O)CC2)c2cnccc21. The fraction of sp³-hybridized carbons (Fsp3) is 0.462. The van der Waals surface area contributed by atoms with Gasteiger partial charge >= 0.3 is 11.9 Å². The average Bonchev–Trinajstić information content (AvgIpc) is 2.68. The first kappa shape index (κ1) is 12.1. The van der Waals surface area contributed by atoms with Crippen LogP contribution in [-0.4, -0.2) is 32.7 Å². The number of carboxylic acids is 1. The van der Waals surface area contributed by atoms with E-state index in [1.54, 1.807) is 12.3 Å². The van der Waals surface area contributed by atoms with Crippen LogP contribution in [0.3, 0.4) is 0 Å². The summed E-state index contributed by atoms with van der Waals surface area (Å²) >= 11 is 0. The summed E-state index contributed by atoms with van der Waals surface area (Å²) in [6.07, 6.45) is 3.81. The lowest BCUT2D eigenvalue weighted by atomic mass is 9.73. The van der Waals surface area contributed by atoms with Crippen LogP contribution >= 0.6 is 0 Å². The molecule has 1 aromatic rings. The number of ether oxygens (including phenoxy) is 1. The zero-order valence-corrected chi connectivity index (χ0v) is 10.1. The molecule has 6 nitrogen and oxygen atoms in total. The molecule has 0 radical (unpaired) electrons. The fourth-order valence-corrected chi connectivity index (χ4v) is 2.88. The molecule has 1 spiro atoms. The standard InChI is InChI=1S/C13H13NO5/c15-10-8-1-6-14-7-9(8)13(19-10)4-2-12(18,3-5-13)11(16)17/h1,6-7,18H,2-5H2,(H,16,17)/t12-,13+. The molecule has 0 atom stereocenters. The van der Waals surface area contributed by atoms with Gasteiger partial charge < -0.3 is 14.9 Å². The largest absolute Gasteiger partial charge is 0.479 e. The number of carboxylic acid groups (broad SMARTS) is 1. The van der Waals surface area contributed by atoms with Gasteiger partial charge in [0.05, 0.1) is 5.56 Å². The van der Waals surface area contributed by atoms with Crippen LogP contribution in [0.5, 0.6) is 0 Å². The van der Waals surface area contributed by atoms with Crippen molar-refractivity contribution in [2.45, 2.75) is 36.9 Å². The Morgan fingerprint density at radius 1 is 1.32 bits per heavy atom. The van der Waals surface area contributed by atoms with Gasteiger partial charge in [-0.2, -0.15) is 0 Å². The molecule has 2 N–H and O–H groups in total. The van der Waals surface area contributed by atoms with Crippen LogP contribution in [-0.2, 0) is 15.1 Å². The number of aromatic nitrogens is 1. The smallest absolute Gasteiger partial charge is 0.339 e. The van der Waals surface area contributed by atoms with E-state index in [1.165, 1.54) is 6.20 Å². The van der Waals surface area contributed by atoms with Crippen LogP contribution in [0.1, 0.15) is 41.6 Å². The molecule has 0 bridgehead atoms. The summed E-state index contributed by atoms with van der Waals surface area (Å²) < 4.78 is 5.45. The first-order valence-corrected chi connectivity index (χ1v) is 6.11. The zero-order valence-electron chi connectivity index (χ0n) is 10.1. The van der Waals surface area contributed by atoms with Gasteiger partial charge in [0.25, 0.3) is 0 Å². The van der Waals surface area contributed by atoms with Crippen LogP contribution in [0, 0.1) is 0 Å². The molecule has 0 amide bonds. The van der Waals surface area contributed by atoms with Crippen molar-refractivity contribution in [3.63, 3.8) is 0 Å². The maximum atomic E-state index is 11.8. The van der Waals surface area contributed by atoms with E-state index in [0.717, 1.165) is 0 Å². The van der Waals surface area contributed by atoms with Gasteiger partial charge in [0, 0.05) is 18.0 Å². The van der Waals surface area contributed by atoms with E-state index in [-0.39, 0.29) is 12.8 Å². The van der Waals surface area contributed by atoms with Crippen molar-refractivity contribution < 1.29 is 24.5 Å². The summed E-state index contributed by atoms with van der Waals surface area (Å²) in [4.78, 5) is 26.8. The van der Waals surface area contributed by atoms with Crippen LogP contribution in [0.2, 0.25) is 0 Å². The van der Waals surface area contributed by atoms with Gasteiger partial charge in [0.15, 0.2) is 5.60 Å². The number of nitrogens with zero attached hydrogens (tertiary/aromatic N) is 1. The summed E-state index contributed by atoms with van der Waals surface area (Å²) in [6.45, 7) is 0. The lowest BCUT2D eigenvalue weighted by molar-refractivity contribution is -0.168. The Morgan fingerprint density at radius 2 is 2.00 bits per heavy atom. The Labute approximate surface area is 109 Å². The predicted molar refractivity (Wildman–Crippen MR) is 62.4 cm³/mol. The minimum Gasteiger partial charge on any atom is -0.479 e. The third kappa shape index (κ3) is 1.63. The van der Waals surface area contributed by atoms with E-state index < -0.39 is 23.1 Å². The average molecular weight is 263 g/mol. The number of rotatable bonds is 1. The number of hydrogen-bond donors (Lipinski definition) is 2. The number of hydrogen-bond acceptors (Lipinski definition) is 5.